The Morgan fingerprint density at radius 2 is 1.92 bits per heavy atom. The van der Waals surface area contributed by atoms with Crippen LogP contribution in [0.3, 0.4) is 0 Å². The zero-order valence-electron chi connectivity index (χ0n) is 15.2. The van der Waals surface area contributed by atoms with E-state index < -0.39 is 5.97 Å². The fourth-order valence-electron chi connectivity index (χ4n) is 3.90. The summed E-state index contributed by atoms with van der Waals surface area (Å²) >= 11 is 0. The second kappa shape index (κ2) is 7.26. The maximum atomic E-state index is 13.1. The first-order valence-electron chi connectivity index (χ1n) is 8.94. The maximum Gasteiger partial charge on any atom is 0.340 e. The molecule has 132 valence electrons. The van der Waals surface area contributed by atoms with Crippen LogP contribution in [0.1, 0.15) is 50.2 Å². The van der Waals surface area contributed by atoms with Crippen LogP contribution in [-0.2, 0) is 14.3 Å². The second-order valence-corrected chi connectivity index (χ2v) is 6.89. The average Bonchev–Trinajstić information content (AvgIpc) is 2.85. The van der Waals surface area contributed by atoms with Crippen molar-refractivity contribution in [3.05, 3.63) is 52.2 Å². The third-order valence-electron chi connectivity index (χ3n) is 5.12. The van der Waals surface area contributed by atoms with Crippen LogP contribution in [0.4, 0.5) is 0 Å². The molecule has 0 unspecified atom stereocenters. The highest BCUT2D eigenvalue weighted by atomic mass is 16.5. The molecule has 3 rings (SSSR count). The molecule has 1 heterocycles. The van der Waals surface area contributed by atoms with Crippen molar-refractivity contribution in [1.82, 2.24) is 4.90 Å². The van der Waals surface area contributed by atoms with E-state index in [9.17, 15) is 9.59 Å². The van der Waals surface area contributed by atoms with Crippen LogP contribution in [0.15, 0.2) is 41.1 Å². The summed E-state index contributed by atoms with van der Waals surface area (Å²) in [5.41, 5.74) is 3.61. The van der Waals surface area contributed by atoms with Crippen molar-refractivity contribution in [2.75, 3.05) is 7.11 Å². The number of amides is 1. The Balaban J connectivity index is 2.04. The number of hydrogen-bond donors (Lipinski definition) is 0. The Hall–Kier alpha value is -2.36. The molecule has 1 amide bonds. The minimum Gasteiger partial charge on any atom is -0.465 e. The number of rotatable bonds is 3. The Bertz CT molecular complexity index is 754. The predicted molar refractivity (Wildman–Crippen MR) is 97.6 cm³/mol. The molecule has 25 heavy (non-hydrogen) atoms. The second-order valence-electron chi connectivity index (χ2n) is 6.89. The van der Waals surface area contributed by atoms with Crippen molar-refractivity contribution in [3.63, 3.8) is 0 Å². The summed E-state index contributed by atoms with van der Waals surface area (Å²) in [4.78, 5) is 27.3. The normalized spacial score (nSPS) is 20.5. The molecular weight excluding hydrogens is 314 g/mol. The fraction of sp³-hybridized carbons (Fsp3) is 0.429. The Kier molecular flexibility index (Phi) is 5.07. The summed E-state index contributed by atoms with van der Waals surface area (Å²) in [5, 5.41) is 0. The summed E-state index contributed by atoms with van der Waals surface area (Å²) in [5.74, 6) is -0.519. The molecule has 2 aliphatic rings. The van der Waals surface area contributed by atoms with E-state index in [2.05, 4.69) is 0 Å². The number of esters is 1. The number of hydrogen-bond acceptors (Lipinski definition) is 3. The van der Waals surface area contributed by atoms with Gasteiger partial charge in [-0.05, 0) is 38.3 Å². The minimum atomic E-state index is -0.442. The van der Waals surface area contributed by atoms with Crippen LogP contribution in [0, 0.1) is 6.92 Å². The SMILES string of the molecule is COC(=O)C1=C(C)N(C2CCCCC2)C(=O)/C1=C\c1cccc(C)c1. The summed E-state index contributed by atoms with van der Waals surface area (Å²) in [6.45, 7) is 3.87. The highest BCUT2D eigenvalue weighted by molar-refractivity contribution is 6.16. The van der Waals surface area contributed by atoms with Crippen molar-refractivity contribution in [2.24, 2.45) is 0 Å². The Morgan fingerprint density at radius 1 is 1.20 bits per heavy atom. The number of carbonyl (C=O) groups excluding carboxylic acids is 2. The molecule has 4 heteroatoms. The number of nitrogens with zero attached hydrogens (tertiary/aromatic N) is 1. The lowest BCUT2D eigenvalue weighted by atomic mass is 9.94. The number of benzene rings is 1. The third kappa shape index (κ3) is 3.39. The summed E-state index contributed by atoms with van der Waals surface area (Å²) in [6, 6.07) is 8.10. The van der Waals surface area contributed by atoms with E-state index in [-0.39, 0.29) is 11.9 Å². The van der Waals surface area contributed by atoms with E-state index in [0.29, 0.717) is 11.1 Å². The van der Waals surface area contributed by atoms with Gasteiger partial charge in [-0.3, -0.25) is 4.79 Å². The summed E-state index contributed by atoms with van der Waals surface area (Å²) < 4.78 is 4.96. The lowest BCUT2D eigenvalue weighted by molar-refractivity contribution is -0.136. The van der Waals surface area contributed by atoms with E-state index >= 15 is 0 Å². The van der Waals surface area contributed by atoms with E-state index in [1.54, 1.807) is 0 Å². The van der Waals surface area contributed by atoms with Crippen LogP contribution in [0.2, 0.25) is 0 Å². The molecule has 0 saturated heterocycles. The van der Waals surface area contributed by atoms with Gasteiger partial charge in [-0.2, -0.15) is 0 Å². The van der Waals surface area contributed by atoms with E-state index in [1.807, 2.05) is 49.1 Å². The van der Waals surface area contributed by atoms with Crippen molar-refractivity contribution in [2.45, 2.75) is 52.0 Å². The van der Waals surface area contributed by atoms with Gasteiger partial charge in [0.2, 0.25) is 0 Å². The minimum absolute atomic E-state index is 0.0775. The van der Waals surface area contributed by atoms with Gasteiger partial charge in [-0.1, -0.05) is 49.1 Å². The van der Waals surface area contributed by atoms with Gasteiger partial charge in [0.05, 0.1) is 18.3 Å². The lowest BCUT2D eigenvalue weighted by Crippen LogP contribution is -2.37. The number of ether oxygens (including phenoxy) is 1. The number of carbonyl (C=O) groups is 2. The molecule has 1 fully saturated rings. The van der Waals surface area contributed by atoms with Crippen LogP contribution >= 0.6 is 0 Å². The quantitative estimate of drug-likeness (QED) is 0.618. The van der Waals surface area contributed by atoms with Crippen LogP contribution in [0.25, 0.3) is 6.08 Å². The Morgan fingerprint density at radius 3 is 2.56 bits per heavy atom. The zero-order valence-corrected chi connectivity index (χ0v) is 15.2. The summed E-state index contributed by atoms with van der Waals surface area (Å²) in [6.07, 6.45) is 7.29. The molecule has 0 spiro atoms. The first-order chi connectivity index (χ1) is 12.0. The predicted octanol–water partition coefficient (Wildman–Crippen LogP) is 4.00. The molecule has 0 N–H and O–H groups in total. The van der Waals surface area contributed by atoms with Gasteiger partial charge in [-0.15, -0.1) is 0 Å². The topological polar surface area (TPSA) is 46.6 Å². The van der Waals surface area contributed by atoms with E-state index in [1.165, 1.54) is 13.5 Å². The maximum absolute atomic E-state index is 13.1. The monoisotopic (exact) mass is 339 g/mol. The molecule has 0 atom stereocenters. The van der Waals surface area contributed by atoms with Gasteiger partial charge in [0.25, 0.3) is 5.91 Å². The molecular formula is C21H25NO3. The number of allylic oxidation sites excluding steroid dienone is 1. The molecule has 1 saturated carbocycles. The first kappa shape index (κ1) is 17.5. The Labute approximate surface area is 149 Å². The molecule has 0 radical (unpaired) electrons. The van der Waals surface area contributed by atoms with Crippen molar-refractivity contribution in [1.29, 1.82) is 0 Å². The van der Waals surface area contributed by atoms with Gasteiger partial charge in [0.1, 0.15) is 0 Å². The van der Waals surface area contributed by atoms with Gasteiger partial charge < -0.3 is 9.64 Å². The van der Waals surface area contributed by atoms with Crippen molar-refractivity contribution < 1.29 is 14.3 Å². The highest BCUT2D eigenvalue weighted by Gasteiger charge is 2.40. The van der Waals surface area contributed by atoms with Gasteiger partial charge in [0, 0.05) is 11.7 Å². The van der Waals surface area contributed by atoms with Gasteiger partial charge >= 0.3 is 5.97 Å². The van der Waals surface area contributed by atoms with E-state index in [4.69, 9.17) is 4.74 Å². The van der Waals surface area contributed by atoms with Crippen molar-refractivity contribution >= 4 is 18.0 Å². The van der Waals surface area contributed by atoms with Crippen molar-refractivity contribution in [3.8, 4) is 0 Å². The number of methoxy groups -OCH3 is 1. The average molecular weight is 339 g/mol. The molecule has 1 aromatic rings. The molecule has 1 aliphatic heterocycles. The van der Waals surface area contributed by atoms with Crippen LogP contribution in [0.5, 0.6) is 0 Å². The zero-order chi connectivity index (χ0) is 18.0. The smallest absolute Gasteiger partial charge is 0.340 e. The highest BCUT2D eigenvalue weighted by Crippen LogP contribution is 2.36. The summed E-state index contributed by atoms with van der Waals surface area (Å²) in [7, 11) is 1.36. The molecule has 0 aromatic heterocycles. The van der Waals surface area contributed by atoms with Gasteiger partial charge in [0.15, 0.2) is 0 Å². The van der Waals surface area contributed by atoms with Crippen LogP contribution < -0.4 is 0 Å². The molecule has 4 nitrogen and oxygen atoms in total. The third-order valence-corrected chi connectivity index (χ3v) is 5.12. The van der Waals surface area contributed by atoms with Gasteiger partial charge in [-0.25, -0.2) is 4.79 Å². The number of aryl methyl sites for hydroxylation is 1. The molecule has 1 aromatic carbocycles. The lowest BCUT2D eigenvalue weighted by Gasteiger charge is -2.32. The molecule has 1 aliphatic carbocycles. The fourth-order valence-corrected chi connectivity index (χ4v) is 3.90. The first-order valence-corrected chi connectivity index (χ1v) is 8.94. The standard InChI is InChI=1S/C21H25NO3/c1-14-8-7-9-16(12-14)13-18-19(21(24)25-3)15(2)22(20(18)23)17-10-5-4-6-11-17/h7-9,12-13,17H,4-6,10-11H2,1-3H3/b18-13-. The van der Waals surface area contributed by atoms with Crippen LogP contribution in [-0.4, -0.2) is 29.9 Å². The van der Waals surface area contributed by atoms with E-state index in [0.717, 1.165) is 42.5 Å². The molecule has 0 bridgehead atoms. The largest absolute Gasteiger partial charge is 0.465 e.